The summed E-state index contributed by atoms with van der Waals surface area (Å²) < 4.78 is 2.28. The van der Waals surface area contributed by atoms with E-state index in [1.165, 1.54) is 4.90 Å². The van der Waals surface area contributed by atoms with Gasteiger partial charge in [0, 0.05) is 55.1 Å². The summed E-state index contributed by atoms with van der Waals surface area (Å²) in [4.78, 5) is 14.5. The maximum atomic E-state index is 13.3. The van der Waals surface area contributed by atoms with Crippen molar-refractivity contribution < 1.29 is 4.79 Å². The summed E-state index contributed by atoms with van der Waals surface area (Å²) in [6, 6.07) is 27.9. The highest BCUT2D eigenvalue weighted by atomic mass is 35.5. The molecular weight excluding hydrogens is 496 g/mol. The van der Waals surface area contributed by atoms with Gasteiger partial charge in [-0.25, -0.2) is 0 Å². The Kier molecular flexibility index (Phi) is 7.50. The summed E-state index contributed by atoms with van der Waals surface area (Å²) in [5.41, 5.74) is 6.23. The fourth-order valence-electron chi connectivity index (χ4n) is 4.87. The van der Waals surface area contributed by atoms with Gasteiger partial charge in [0.15, 0.2) is 5.78 Å². The number of carbonyl (C=O) groups excluding carboxylic acids is 1. The molecule has 0 spiro atoms. The second-order valence-electron chi connectivity index (χ2n) is 9.24. The number of halogens is 1. The molecule has 0 fully saturated rings. The topological polar surface area (TPSA) is 45.9 Å². The molecule has 5 rings (SSSR count). The van der Waals surface area contributed by atoms with E-state index in [9.17, 15) is 4.79 Å². The predicted octanol–water partition coefficient (Wildman–Crippen LogP) is 8.95. The van der Waals surface area contributed by atoms with Gasteiger partial charge in [-0.2, -0.15) is 0 Å². The van der Waals surface area contributed by atoms with Gasteiger partial charge in [-0.1, -0.05) is 41.9 Å². The second kappa shape index (κ2) is 11.0. The number of hydrogen-bond donors (Lipinski definition) is 1. The zero-order chi connectivity index (χ0) is 25.9. The number of benzene rings is 4. The maximum absolute atomic E-state index is 13.3. The van der Waals surface area contributed by atoms with Crippen LogP contribution in [-0.2, 0) is 6.54 Å². The average Bonchev–Trinajstić information content (AvgIpc) is 3.24. The van der Waals surface area contributed by atoms with E-state index >= 15 is 0 Å². The summed E-state index contributed by atoms with van der Waals surface area (Å²) in [7, 11) is 0. The van der Waals surface area contributed by atoms with Gasteiger partial charge in [0.25, 0.3) is 0 Å². The van der Waals surface area contributed by atoms with Crippen molar-refractivity contribution in [1.82, 2.24) is 4.57 Å². The first-order valence-electron chi connectivity index (χ1n) is 12.6. The first-order valence-corrected chi connectivity index (χ1v) is 13.9. The number of aryl methyl sites for hydroxylation is 2. The van der Waals surface area contributed by atoms with Crippen LogP contribution in [-0.4, -0.2) is 21.8 Å². The van der Waals surface area contributed by atoms with Crippen LogP contribution in [0, 0.1) is 12.3 Å². The molecule has 186 valence electrons. The number of aromatic nitrogens is 1. The Morgan fingerprint density at radius 2 is 1.54 bits per heavy atom. The lowest BCUT2D eigenvalue weighted by Crippen LogP contribution is -2.03. The molecular formula is C32H29ClN2OS. The number of ketones is 1. The number of nitrogens with one attached hydrogen (secondary N) is 1. The number of carbonyl (C=O) groups is 1. The van der Waals surface area contributed by atoms with Gasteiger partial charge in [-0.15, -0.1) is 11.8 Å². The van der Waals surface area contributed by atoms with Crippen LogP contribution in [0.4, 0.5) is 0 Å². The van der Waals surface area contributed by atoms with Gasteiger partial charge in [-0.05, 0) is 98.2 Å². The molecule has 0 saturated heterocycles. The molecule has 0 aliphatic heterocycles. The molecule has 0 bridgehead atoms. The minimum absolute atomic E-state index is 0.0412. The van der Waals surface area contributed by atoms with E-state index in [2.05, 4.69) is 35.8 Å². The summed E-state index contributed by atoms with van der Waals surface area (Å²) in [6.07, 6.45) is 1.64. The number of hydrogen-bond acceptors (Lipinski definition) is 3. The van der Waals surface area contributed by atoms with Crippen molar-refractivity contribution in [2.24, 2.45) is 0 Å². The molecule has 0 saturated carbocycles. The predicted molar refractivity (Wildman–Crippen MR) is 158 cm³/mol. The van der Waals surface area contributed by atoms with E-state index in [-0.39, 0.29) is 5.78 Å². The van der Waals surface area contributed by atoms with Crippen LogP contribution in [0.3, 0.4) is 0 Å². The molecule has 0 aliphatic rings. The lowest BCUT2D eigenvalue weighted by molar-refractivity contribution is 0.103. The summed E-state index contributed by atoms with van der Waals surface area (Å²) >= 11 is 7.76. The summed E-state index contributed by atoms with van der Waals surface area (Å²) in [5.74, 6) is 0.991. The molecule has 3 nitrogen and oxygen atoms in total. The van der Waals surface area contributed by atoms with E-state index in [1.807, 2.05) is 67.6 Å². The number of rotatable bonds is 9. The van der Waals surface area contributed by atoms with Crippen molar-refractivity contribution in [2.75, 3.05) is 5.75 Å². The number of thioether (sulfide) groups is 1. The average molecular weight is 525 g/mol. The molecule has 0 unspecified atom stereocenters. The maximum Gasteiger partial charge on any atom is 0.193 e. The highest BCUT2D eigenvalue weighted by molar-refractivity contribution is 7.99. The van der Waals surface area contributed by atoms with Crippen LogP contribution < -0.4 is 0 Å². The Hall–Kier alpha value is -3.34. The van der Waals surface area contributed by atoms with E-state index in [0.29, 0.717) is 11.3 Å². The molecule has 0 aliphatic carbocycles. The van der Waals surface area contributed by atoms with Crippen molar-refractivity contribution in [3.63, 3.8) is 0 Å². The van der Waals surface area contributed by atoms with E-state index < -0.39 is 0 Å². The fraction of sp³-hybridized carbons (Fsp3) is 0.188. The molecule has 1 N–H and O–H groups in total. The molecule has 4 aromatic carbocycles. The lowest BCUT2D eigenvalue weighted by Gasteiger charge is -2.07. The van der Waals surface area contributed by atoms with E-state index in [0.717, 1.165) is 68.7 Å². The Balaban J connectivity index is 1.40. The first kappa shape index (κ1) is 25.3. The van der Waals surface area contributed by atoms with Crippen LogP contribution in [0.15, 0.2) is 89.8 Å². The number of fused-ring (bicyclic) bond motifs is 3. The van der Waals surface area contributed by atoms with Crippen LogP contribution in [0.2, 0.25) is 5.02 Å². The largest absolute Gasteiger partial charge is 0.341 e. The van der Waals surface area contributed by atoms with Crippen molar-refractivity contribution in [3.05, 3.63) is 112 Å². The van der Waals surface area contributed by atoms with Gasteiger partial charge in [0.2, 0.25) is 0 Å². The Labute approximate surface area is 227 Å². The second-order valence-corrected chi connectivity index (χ2v) is 10.8. The smallest absolute Gasteiger partial charge is 0.193 e. The van der Waals surface area contributed by atoms with E-state index in [1.54, 1.807) is 11.8 Å². The van der Waals surface area contributed by atoms with Crippen molar-refractivity contribution in [1.29, 1.82) is 5.41 Å². The highest BCUT2D eigenvalue weighted by Gasteiger charge is 2.16. The molecule has 5 heteroatoms. The molecule has 1 heterocycles. The van der Waals surface area contributed by atoms with Crippen molar-refractivity contribution in [2.45, 2.75) is 38.1 Å². The Bertz CT molecular complexity index is 1620. The van der Waals surface area contributed by atoms with Crippen LogP contribution in [0.5, 0.6) is 0 Å². The van der Waals surface area contributed by atoms with Gasteiger partial charge in [-0.3, -0.25) is 4.79 Å². The van der Waals surface area contributed by atoms with Gasteiger partial charge in [0.1, 0.15) is 0 Å². The van der Waals surface area contributed by atoms with Gasteiger partial charge < -0.3 is 9.98 Å². The SMILES string of the molecule is CCn1c2ccc(C(=N)CCCSc3ccc(Cl)cc3)cc2c2cc(C(=O)c3ccccc3C)ccc21. The van der Waals surface area contributed by atoms with Crippen molar-refractivity contribution in [3.8, 4) is 0 Å². The monoisotopic (exact) mass is 524 g/mol. The number of nitrogens with zero attached hydrogens (tertiary/aromatic N) is 1. The van der Waals surface area contributed by atoms with Crippen LogP contribution in [0.25, 0.3) is 21.8 Å². The normalized spacial score (nSPS) is 11.3. The third-order valence-corrected chi connectivity index (χ3v) is 8.19. The quantitative estimate of drug-likeness (QED) is 0.0904. The molecule has 1 aromatic heterocycles. The molecule has 37 heavy (non-hydrogen) atoms. The molecule has 0 atom stereocenters. The van der Waals surface area contributed by atoms with Crippen molar-refractivity contribution >= 4 is 56.7 Å². The lowest BCUT2D eigenvalue weighted by atomic mass is 9.97. The van der Waals surface area contributed by atoms with E-state index in [4.69, 9.17) is 17.0 Å². The third-order valence-electron chi connectivity index (χ3n) is 6.83. The summed E-state index contributed by atoms with van der Waals surface area (Å²) in [6.45, 7) is 4.95. The van der Waals surface area contributed by atoms with Crippen LogP contribution >= 0.6 is 23.4 Å². The first-order chi connectivity index (χ1) is 18.0. The molecule has 0 amide bonds. The zero-order valence-electron chi connectivity index (χ0n) is 21.1. The third kappa shape index (κ3) is 5.22. The Morgan fingerprint density at radius 3 is 2.22 bits per heavy atom. The van der Waals surface area contributed by atoms with Crippen LogP contribution in [0.1, 0.15) is 46.8 Å². The fourth-order valence-corrected chi connectivity index (χ4v) is 5.85. The minimum atomic E-state index is 0.0412. The van der Waals surface area contributed by atoms with Gasteiger partial charge >= 0.3 is 0 Å². The minimum Gasteiger partial charge on any atom is -0.341 e. The van der Waals surface area contributed by atoms with Gasteiger partial charge in [0.05, 0.1) is 0 Å². The summed E-state index contributed by atoms with van der Waals surface area (Å²) in [5, 5.41) is 11.6. The highest BCUT2D eigenvalue weighted by Crippen LogP contribution is 2.32. The molecule has 5 aromatic rings. The Morgan fingerprint density at radius 1 is 0.892 bits per heavy atom. The standard InChI is InChI=1S/C32H29ClN2OS/c1-3-35-30-16-10-22(29(34)9-6-18-37-25-14-12-24(33)13-15-25)19-27(30)28-20-23(11-17-31(28)35)32(36)26-8-5-4-7-21(26)2/h4-5,7-8,10-17,19-20,34H,3,6,9,18H2,1-2H3. The molecule has 0 radical (unpaired) electrons. The zero-order valence-corrected chi connectivity index (χ0v) is 22.6.